The SMILES string of the molecule is CC[C@H](C(=O)OCC(=O)[C@@H](C#N)C(C)=N)c1ccccc1. The van der Waals surface area contributed by atoms with Crippen LogP contribution in [0.15, 0.2) is 30.3 Å². The third-order valence-corrected chi connectivity index (χ3v) is 3.14. The second kappa shape index (κ2) is 7.95. The molecule has 5 heteroatoms. The monoisotopic (exact) mass is 286 g/mol. The first kappa shape index (κ1) is 16.6. The topological polar surface area (TPSA) is 91.0 Å². The summed E-state index contributed by atoms with van der Waals surface area (Å²) in [5.74, 6) is -2.63. The van der Waals surface area contributed by atoms with Crippen LogP contribution >= 0.6 is 0 Å². The van der Waals surface area contributed by atoms with Gasteiger partial charge in [0.15, 0.2) is 12.4 Å². The van der Waals surface area contributed by atoms with Crippen molar-refractivity contribution in [3.8, 4) is 6.07 Å². The smallest absolute Gasteiger partial charge is 0.313 e. The Morgan fingerprint density at radius 2 is 1.95 bits per heavy atom. The lowest BCUT2D eigenvalue weighted by molar-refractivity contribution is -0.149. The van der Waals surface area contributed by atoms with Crippen molar-refractivity contribution in [1.82, 2.24) is 0 Å². The molecule has 0 amide bonds. The van der Waals surface area contributed by atoms with E-state index < -0.39 is 30.2 Å². The fraction of sp³-hybridized carbons (Fsp3) is 0.375. The molecule has 1 rings (SSSR count). The van der Waals surface area contributed by atoms with Crippen LogP contribution in [0.25, 0.3) is 0 Å². The van der Waals surface area contributed by atoms with Crippen molar-refractivity contribution in [2.45, 2.75) is 26.2 Å². The van der Waals surface area contributed by atoms with Crippen LogP contribution in [0.3, 0.4) is 0 Å². The van der Waals surface area contributed by atoms with Crippen molar-refractivity contribution in [2.24, 2.45) is 5.92 Å². The third-order valence-electron chi connectivity index (χ3n) is 3.14. The van der Waals surface area contributed by atoms with Gasteiger partial charge in [-0.1, -0.05) is 37.3 Å². The number of ketones is 1. The molecule has 0 aliphatic carbocycles. The van der Waals surface area contributed by atoms with Crippen LogP contribution in [-0.4, -0.2) is 24.1 Å². The van der Waals surface area contributed by atoms with Crippen LogP contribution in [0, 0.1) is 22.7 Å². The molecule has 0 radical (unpaired) electrons. The molecule has 1 aromatic carbocycles. The zero-order valence-corrected chi connectivity index (χ0v) is 12.1. The minimum absolute atomic E-state index is 0.0475. The van der Waals surface area contributed by atoms with Gasteiger partial charge in [-0.15, -0.1) is 0 Å². The van der Waals surface area contributed by atoms with Gasteiger partial charge >= 0.3 is 5.97 Å². The fourth-order valence-corrected chi connectivity index (χ4v) is 1.96. The van der Waals surface area contributed by atoms with Crippen molar-refractivity contribution in [3.63, 3.8) is 0 Å². The van der Waals surface area contributed by atoms with E-state index in [1.807, 2.05) is 37.3 Å². The number of nitriles is 1. The van der Waals surface area contributed by atoms with Crippen LogP contribution in [0.5, 0.6) is 0 Å². The van der Waals surface area contributed by atoms with Crippen molar-refractivity contribution >= 4 is 17.5 Å². The van der Waals surface area contributed by atoms with Crippen LogP contribution in [-0.2, 0) is 14.3 Å². The predicted octanol–water partition coefficient (Wildman–Crippen LogP) is 2.47. The third kappa shape index (κ3) is 4.53. The summed E-state index contributed by atoms with van der Waals surface area (Å²) in [5.41, 5.74) is 0.783. The summed E-state index contributed by atoms with van der Waals surface area (Å²) in [6.45, 7) is 2.77. The highest BCUT2D eigenvalue weighted by Crippen LogP contribution is 2.20. The van der Waals surface area contributed by atoms with Gasteiger partial charge < -0.3 is 10.1 Å². The number of rotatable bonds is 7. The molecule has 0 aliphatic heterocycles. The highest BCUT2D eigenvalue weighted by molar-refractivity contribution is 6.06. The Morgan fingerprint density at radius 1 is 1.33 bits per heavy atom. The van der Waals surface area contributed by atoms with Crippen LogP contribution in [0.2, 0.25) is 0 Å². The number of nitrogens with zero attached hydrogens (tertiary/aromatic N) is 1. The number of hydrogen-bond acceptors (Lipinski definition) is 5. The van der Waals surface area contributed by atoms with Crippen molar-refractivity contribution in [1.29, 1.82) is 10.7 Å². The number of esters is 1. The zero-order valence-electron chi connectivity index (χ0n) is 12.1. The van der Waals surface area contributed by atoms with Gasteiger partial charge in [-0.05, 0) is 18.9 Å². The lowest BCUT2D eigenvalue weighted by Gasteiger charge is -2.15. The van der Waals surface area contributed by atoms with Crippen LogP contribution < -0.4 is 0 Å². The summed E-state index contributed by atoms with van der Waals surface area (Å²) in [6.07, 6.45) is 0.558. The van der Waals surface area contributed by atoms with E-state index in [4.69, 9.17) is 15.4 Å². The van der Waals surface area contributed by atoms with Gasteiger partial charge in [-0.2, -0.15) is 5.26 Å². The number of carbonyl (C=O) groups excluding carboxylic acids is 2. The number of benzene rings is 1. The minimum Gasteiger partial charge on any atom is -0.457 e. The molecule has 0 aliphatic rings. The number of Topliss-reactive ketones (excluding diaryl/α,β-unsaturated/α-hetero) is 1. The largest absolute Gasteiger partial charge is 0.457 e. The van der Waals surface area contributed by atoms with Crippen molar-refractivity contribution < 1.29 is 14.3 Å². The summed E-state index contributed by atoms with van der Waals surface area (Å²) < 4.78 is 5.01. The van der Waals surface area contributed by atoms with E-state index >= 15 is 0 Å². The van der Waals surface area contributed by atoms with Gasteiger partial charge in [0.2, 0.25) is 0 Å². The minimum atomic E-state index is -1.14. The standard InChI is InChI=1S/C16H18N2O3/c1-3-13(12-7-5-4-6-8-12)16(20)21-10-15(19)14(9-17)11(2)18/h4-8,13-14,18H,3,10H2,1-2H3/t13-,14-/m0/s1. The van der Waals surface area contributed by atoms with E-state index in [9.17, 15) is 9.59 Å². The van der Waals surface area contributed by atoms with Crippen molar-refractivity contribution in [3.05, 3.63) is 35.9 Å². The number of nitrogens with one attached hydrogen (secondary N) is 1. The van der Waals surface area contributed by atoms with E-state index in [1.165, 1.54) is 6.92 Å². The normalized spacial score (nSPS) is 12.8. The Labute approximate surface area is 124 Å². The van der Waals surface area contributed by atoms with E-state index in [-0.39, 0.29) is 5.71 Å². The fourth-order valence-electron chi connectivity index (χ4n) is 1.96. The van der Waals surface area contributed by atoms with Crippen molar-refractivity contribution in [2.75, 3.05) is 6.61 Å². The first-order chi connectivity index (χ1) is 10.0. The van der Waals surface area contributed by atoms with Crippen LogP contribution in [0.4, 0.5) is 0 Å². The Bertz CT molecular complexity index is 561. The maximum Gasteiger partial charge on any atom is 0.313 e. The molecular formula is C16H18N2O3. The second-order valence-corrected chi connectivity index (χ2v) is 4.69. The molecule has 5 nitrogen and oxygen atoms in total. The molecule has 0 heterocycles. The number of hydrogen-bond donors (Lipinski definition) is 1. The Morgan fingerprint density at radius 3 is 2.43 bits per heavy atom. The molecule has 0 aromatic heterocycles. The Kier molecular flexibility index (Phi) is 6.28. The van der Waals surface area contributed by atoms with E-state index in [1.54, 1.807) is 6.07 Å². The zero-order chi connectivity index (χ0) is 15.8. The molecule has 0 spiro atoms. The summed E-state index contributed by atoms with van der Waals surface area (Å²) in [4.78, 5) is 23.8. The van der Waals surface area contributed by atoms with Gasteiger partial charge in [-0.3, -0.25) is 9.59 Å². The molecule has 1 aromatic rings. The summed E-state index contributed by atoms with van der Waals surface area (Å²) in [5, 5.41) is 16.2. The average molecular weight is 286 g/mol. The average Bonchev–Trinajstić information content (AvgIpc) is 2.47. The number of ether oxygens (including phenoxy) is 1. The molecule has 2 atom stereocenters. The molecule has 0 unspecified atom stereocenters. The maximum atomic E-state index is 12.0. The number of carbonyl (C=O) groups is 2. The van der Waals surface area contributed by atoms with E-state index in [0.29, 0.717) is 6.42 Å². The molecule has 21 heavy (non-hydrogen) atoms. The van der Waals surface area contributed by atoms with Gasteiger partial charge in [0.1, 0.15) is 5.92 Å². The molecular weight excluding hydrogens is 268 g/mol. The Hall–Kier alpha value is -2.48. The first-order valence-corrected chi connectivity index (χ1v) is 6.70. The van der Waals surface area contributed by atoms with Crippen LogP contribution in [0.1, 0.15) is 31.7 Å². The van der Waals surface area contributed by atoms with Gasteiger partial charge in [0.05, 0.1) is 12.0 Å². The summed E-state index contributed by atoms with van der Waals surface area (Å²) in [7, 11) is 0. The maximum absolute atomic E-state index is 12.0. The summed E-state index contributed by atoms with van der Waals surface area (Å²) >= 11 is 0. The first-order valence-electron chi connectivity index (χ1n) is 6.70. The highest BCUT2D eigenvalue weighted by Gasteiger charge is 2.24. The molecule has 0 bridgehead atoms. The van der Waals surface area contributed by atoms with Gasteiger partial charge in [-0.25, -0.2) is 0 Å². The predicted molar refractivity (Wildman–Crippen MR) is 77.9 cm³/mol. The molecule has 110 valence electrons. The van der Waals surface area contributed by atoms with Gasteiger partial charge in [0, 0.05) is 5.71 Å². The second-order valence-electron chi connectivity index (χ2n) is 4.69. The quantitative estimate of drug-likeness (QED) is 0.615. The molecule has 0 saturated heterocycles. The highest BCUT2D eigenvalue weighted by atomic mass is 16.5. The lowest BCUT2D eigenvalue weighted by Crippen LogP contribution is -2.27. The molecule has 0 fully saturated rings. The lowest BCUT2D eigenvalue weighted by atomic mass is 9.97. The summed E-state index contributed by atoms with van der Waals surface area (Å²) in [6, 6.07) is 10.9. The Balaban J connectivity index is 2.66. The van der Waals surface area contributed by atoms with E-state index in [2.05, 4.69) is 0 Å². The molecule has 1 N–H and O–H groups in total. The van der Waals surface area contributed by atoms with E-state index in [0.717, 1.165) is 5.56 Å². The van der Waals surface area contributed by atoms with Gasteiger partial charge in [0.25, 0.3) is 0 Å². The molecule has 0 saturated carbocycles.